The minimum Gasteiger partial charge on any atom is -0.405 e. The van der Waals surface area contributed by atoms with Crippen LogP contribution in [0.1, 0.15) is 21.5 Å². The lowest BCUT2D eigenvalue weighted by atomic mass is 10.1. The van der Waals surface area contributed by atoms with Crippen LogP contribution < -0.4 is 15.4 Å². The Bertz CT molecular complexity index is 877. The van der Waals surface area contributed by atoms with Gasteiger partial charge in [0.25, 0.3) is 5.91 Å². The van der Waals surface area contributed by atoms with Crippen molar-refractivity contribution in [2.24, 2.45) is 0 Å². The van der Waals surface area contributed by atoms with Gasteiger partial charge in [-0.05, 0) is 30.7 Å². The van der Waals surface area contributed by atoms with Crippen molar-refractivity contribution >= 4 is 23.6 Å². The van der Waals surface area contributed by atoms with E-state index < -0.39 is 18.0 Å². The van der Waals surface area contributed by atoms with Crippen LogP contribution in [0.25, 0.3) is 6.08 Å². The van der Waals surface area contributed by atoms with E-state index in [0.717, 1.165) is 12.1 Å². The molecule has 0 aromatic heterocycles. The molecule has 0 aliphatic heterocycles. The van der Waals surface area contributed by atoms with Gasteiger partial charge in [-0.15, -0.1) is 13.2 Å². The molecule has 2 amide bonds. The van der Waals surface area contributed by atoms with Crippen LogP contribution in [0.4, 0.5) is 18.9 Å². The maximum atomic E-state index is 12.4. The Morgan fingerprint density at radius 2 is 1.78 bits per heavy atom. The molecule has 27 heavy (non-hydrogen) atoms. The molecular weight excluding hydrogens is 361 g/mol. The highest BCUT2D eigenvalue weighted by Gasteiger charge is 2.31. The highest BCUT2D eigenvalue weighted by molar-refractivity contribution is 6.08. The number of hydrogen-bond donors (Lipinski definition) is 2. The molecule has 2 N–H and O–H groups in total. The number of para-hydroxylation sites is 1. The van der Waals surface area contributed by atoms with Crippen molar-refractivity contribution in [3.05, 3.63) is 65.2 Å². The first-order valence-electron chi connectivity index (χ1n) is 7.87. The van der Waals surface area contributed by atoms with Gasteiger partial charge in [0.05, 0.1) is 11.3 Å². The second-order valence-electron chi connectivity index (χ2n) is 5.48. The number of carbonyl (C=O) groups is 2. The lowest BCUT2D eigenvalue weighted by Gasteiger charge is -2.12. The molecule has 0 unspecified atom stereocenters. The first-order chi connectivity index (χ1) is 12.7. The summed E-state index contributed by atoms with van der Waals surface area (Å²) in [6.45, 7) is 1.72. The third-order valence-corrected chi connectivity index (χ3v) is 3.54. The Morgan fingerprint density at radius 3 is 2.44 bits per heavy atom. The third-order valence-electron chi connectivity index (χ3n) is 3.54. The minimum atomic E-state index is -4.84. The molecule has 0 spiro atoms. The Morgan fingerprint density at radius 1 is 1.07 bits per heavy atom. The molecule has 0 aliphatic carbocycles. The number of hydrogen-bond acceptors (Lipinski definition) is 3. The van der Waals surface area contributed by atoms with E-state index in [2.05, 4.69) is 15.4 Å². The van der Waals surface area contributed by atoms with Crippen LogP contribution in [-0.4, -0.2) is 25.2 Å². The maximum Gasteiger partial charge on any atom is 0.573 e. The van der Waals surface area contributed by atoms with Gasteiger partial charge in [-0.1, -0.05) is 30.3 Å². The Labute approximate surface area is 153 Å². The molecule has 142 valence electrons. The lowest BCUT2D eigenvalue weighted by Crippen LogP contribution is -2.22. The first kappa shape index (κ1) is 20.0. The zero-order valence-electron chi connectivity index (χ0n) is 14.6. The van der Waals surface area contributed by atoms with Gasteiger partial charge in [0, 0.05) is 18.7 Å². The van der Waals surface area contributed by atoms with E-state index in [1.807, 2.05) is 0 Å². The van der Waals surface area contributed by atoms with Crippen molar-refractivity contribution in [3.63, 3.8) is 0 Å². The number of alkyl halides is 3. The van der Waals surface area contributed by atoms with Gasteiger partial charge in [0.15, 0.2) is 0 Å². The van der Waals surface area contributed by atoms with Gasteiger partial charge in [-0.25, -0.2) is 0 Å². The van der Waals surface area contributed by atoms with E-state index in [1.54, 1.807) is 25.1 Å². The fourth-order valence-corrected chi connectivity index (χ4v) is 2.37. The topological polar surface area (TPSA) is 67.4 Å². The average molecular weight is 378 g/mol. The summed E-state index contributed by atoms with van der Waals surface area (Å²) in [5, 5.41) is 5.05. The van der Waals surface area contributed by atoms with Crippen LogP contribution in [0.5, 0.6) is 5.75 Å². The van der Waals surface area contributed by atoms with Crippen LogP contribution in [0.3, 0.4) is 0 Å². The van der Waals surface area contributed by atoms with Crippen molar-refractivity contribution < 1.29 is 27.5 Å². The molecule has 0 fully saturated rings. The number of amides is 2. The number of rotatable bonds is 5. The smallest absolute Gasteiger partial charge is 0.405 e. The Kier molecular flexibility index (Phi) is 6.23. The van der Waals surface area contributed by atoms with Gasteiger partial charge in [-0.2, -0.15) is 0 Å². The molecule has 0 aliphatic rings. The van der Waals surface area contributed by atoms with E-state index in [4.69, 9.17) is 0 Å². The highest BCUT2D eigenvalue weighted by Crippen LogP contribution is 2.27. The summed E-state index contributed by atoms with van der Waals surface area (Å²) in [4.78, 5) is 24.2. The largest absolute Gasteiger partial charge is 0.573 e. The number of nitrogens with one attached hydrogen (secondary N) is 2. The molecule has 5 nitrogen and oxygen atoms in total. The van der Waals surface area contributed by atoms with Crippen LogP contribution >= 0.6 is 0 Å². The second-order valence-corrected chi connectivity index (χ2v) is 5.48. The number of benzene rings is 2. The van der Waals surface area contributed by atoms with Crippen molar-refractivity contribution in [3.8, 4) is 5.75 Å². The molecule has 2 aromatic rings. The fourth-order valence-electron chi connectivity index (χ4n) is 2.37. The molecule has 8 heteroatoms. The lowest BCUT2D eigenvalue weighted by molar-refractivity contribution is -0.274. The zero-order chi connectivity index (χ0) is 20.0. The maximum absolute atomic E-state index is 12.4. The van der Waals surface area contributed by atoms with Crippen LogP contribution in [0.15, 0.2) is 48.5 Å². The molecule has 2 rings (SSSR count). The van der Waals surface area contributed by atoms with Gasteiger partial charge < -0.3 is 15.4 Å². The van der Waals surface area contributed by atoms with Crippen molar-refractivity contribution in [1.29, 1.82) is 0 Å². The van der Waals surface area contributed by atoms with E-state index in [9.17, 15) is 22.8 Å². The van der Waals surface area contributed by atoms with Crippen molar-refractivity contribution in [2.45, 2.75) is 13.3 Å². The fraction of sp³-hybridized carbons (Fsp3) is 0.158. The number of halogens is 3. The molecule has 0 bridgehead atoms. The quantitative estimate of drug-likeness (QED) is 0.776. The Balaban J connectivity index is 2.21. The molecule has 0 heterocycles. The zero-order valence-corrected chi connectivity index (χ0v) is 14.6. The summed E-state index contributed by atoms with van der Waals surface area (Å²) in [5.41, 5.74) is 1.35. The van der Waals surface area contributed by atoms with Gasteiger partial charge in [-0.3, -0.25) is 9.59 Å². The van der Waals surface area contributed by atoms with Crippen LogP contribution in [0.2, 0.25) is 0 Å². The minimum absolute atomic E-state index is 0.0840. The van der Waals surface area contributed by atoms with Gasteiger partial charge in [0.1, 0.15) is 5.75 Å². The number of carbonyl (C=O) groups excluding carboxylic acids is 2. The van der Waals surface area contributed by atoms with Gasteiger partial charge >= 0.3 is 6.36 Å². The van der Waals surface area contributed by atoms with E-state index in [1.165, 1.54) is 31.3 Å². The summed E-state index contributed by atoms with van der Waals surface area (Å²) in [5.74, 6) is -1.39. The van der Waals surface area contributed by atoms with Crippen molar-refractivity contribution in [1.82, 2.24) is 5.32 Å². The van der Waals surface area contributed by atoms with Crippen LogP contribution in [-0.2, 0) is 4.79 Å². The third kappa shape index (κ3) is 5.60. The Hall–Kier alpha value is -3.29. The van der Waals surface area contributed by atoms with Crippen molar-refractivity contribution in [2.75, 3.05) is 12.4 Å². The summed E-state index contributed by atoms with van der Waals surface area (Å²) in [6.07, 6.45) is -2.57. The summed E-state index contributed by atoms with van der Waals surface area (Å²) in [7, 11) is 1.47. The number of ether oxygens (including phenoxy) is 1. The predicted molar refractivity (Wildman–Crippen MR) is 95.4 cm³/mol. The van der Waals surface area contributed by atoms with E-state index in [-0.39, 0.29) is 11.5 Å². The van der Waals surface area contributed by atoms with Crippen LogP contribution in [0, 0.1) is 6.92 Å². The summed E-state index contributed by atoms with van der Waals surface area (Å²) < 4.78 is 41.2. The molecule has 0 radical (unpaired) electrons. The molecule has 0 saturated heterocycles. The standard InChI is InChI=1S/C19H17F3N2O3/c1-12-6-5-8-14(17(12)18(26)23-2)24-16(25)11-10-13-7-3-4-9-15(13)27-19(20,21)22/h3-11H,1-2H3,(H,23,26)(H,24,25)/b11-10+. The molecule has 2 aromatic carbocycles. The van der Waals surface area contributed by atoms with Gasteiger partial charge in [0.2, 0.25) is 5.91 Å². The number of aryl methyl sites for hydroxylation is 1. The highest BCUT2D eigenvalue weighted by atomic mass is 19.4. The van der Waals surface area contributed by atoms with E-state index >= 15 is 0 Å². The first-order valence-corrected chi connectivity index (χ1v) is 7.87. The monoisotopic (exact) mass is 378 g/mol. The SMILES string of the molecule is CNC(=O)c1c(C)cccc1NC(=O)/C=C/c1ccccc1OC(F)(F)F. The molecular formula is C19H17F3N2O3. The van der Waals surface area contributed by atoms with E-state index in [0.29, 0.717) is 16.8 Å². The molecule has 0 atom stereocenters. The predicted octanol–water partition coefficient (Wildman–Crippen LogP) is 3.91. The second kappa shape index (κ2) is 8.39. The molecule has 0 saturated carbocycles. The number of anilines is 1. The summed E-state index contributed by atoms with van der Waals surface area (Å²) >= 11 is 0. The summed E-state index contributed by atoms with van der Waals surface area (Å²) in [6, 6.07) is 10.4. The normalized spacial score (nSPS) is 11.3. The average Bonchev–Trinajstić information content (AvgIpc) is 2.59.